The molecule has 0 amide bonds. The molecule has 0 radical (unpaired) electrons. The summed E-state index contributed by atoms with van der Waals surface area (Å²) in [6, 6.07) is 6.07. The summed E-state index contributed by atoms with van der Waals surface area (Å²) in [5.74, 6) is 0.996. The first-order chi connectivity index (χ1) is 9.19. The van der Waals surface area contributed by atoms with Gasteiger partial charge in [-0.05, 0) is 37.1 Å². The zero-order chi connectivity index (χ0) is 13.7. The van der Waals surface area contributed by atoms with Gasteiger partial charge in [-0.25, -0.2) is 0 Å². The van der Waals surface area contributed by atoms with Crippen molar-refractivity contribution in [2.45, 2.75) is 43.8 Å². The van der Waals surface area contributed by atoms with E-state index in [1.54, 1.807) is 0 Å². The lowest BCUT2D eigenvalue weighted by atomic mass is 10.1. The second-order valence-corrected chi connectivity index (χ2v) is 6.55. The van der Waals surface area contributed by atoms with E-state index < -0.39 is 0 Å². The fourth-order valence-corrected chi connectivity index (χ4v) is 3.56. The summed E-state index contributed by atoms with van der Waals surface area (Å²) in [6.07, 6.45) is 3.03. The average Bonchev–Trinajstić information content (AvgIpc) is 2.38. The lowest BCUT2D eigenvalue weighted by molar-refractivity contribution is -0.0285. The van der Waals surface area contributed by atoms with Gasteiger partial charge < -0.3 is 10.1 Å². The summed E-state index contributed by atoms with van der Waals surface area (Å²) in [6.45, 7) is 6.27. The van der Waals surface area contributed by atoms with Gasteiger partial charge in [-0.15, -0.1) is 11.8 Å². The van der Waals surface area contributed by atoms with E-state index in [4.69, 9.17) is 16.3 Å². The predicted molar refractivity (Wildman–Crippen MR) is 83.4 cm³/mol. The predicted octanol–water partition coefficient (Wildman–Crippen LogP) is 3.90. The molecule has 1 heterocycles. The van der Waals surface area contributed by atoms with E-state index in [0.717, 1.165) is 30.3 Å². The molecule has 1 aromatic rings. The first-order valence-corrected chi connectivity index (χ1v) is 8.30. The van der Waals surface area contributed by atoms with Gasteiger partial charge in [-0.1, -0.05) is 24.9 Å². The minimum atomic E-state index is 0.311. The third-order valence-electron chi connectivity index (χ3n) is 3.30. The molecule has 4 heteroatoms. The number of nitrogens with one attached hydrogen (secondary N) is 1. The van der Waals surface area contributed by atoms with Crippen molar-refractivity contribution in [3.8, 4) is 0 Å². The Bertz CT molecular complexity index is 411. The maximum atomic E-state index is 6.10. The number of rotatable bonds is 5. The monoisotopic (exact) mass is 299 g/mol. The second-order valence-electron chi connectivity index (χ2n) is 5.05. The first kappa shape index (κ1) is 15.2. The highest BCUT2D eigenvalue weighted by atomic mass is 35.5. The fourth-order valence-electron chi connectivity index (χ4n) is 2.32. The van der Waals surface area contributed by atoms with Crippen LogP contribution in [0.3, 0.4) is 0 Å². The number of morpholine rings is 1. The van der Waals surface area contributed by atoms with E-state index in [-0.39, 0.29) is 0 Å². The van der Waals surface area contributed by atoms with Gasteiger partial charge in [0, 0.05) is 28.8 Å². The highest BCUT2D eigenvalue weighted by Gasteiger charge is 2.21. The van der Waals surface area contributed by atoms with Crippen molar-refractivity contribution in [2.24, 2.45) is 0 Å². The van der Waals surface area contributed by atoms with Crippen LogP contribution in [0, 0.1) is 6.92 Å². The van der Waals surface area contributed by atoms with Gasteiger partial charge >= 0.3 is 0 Å². The Balaban J connectivity index is 1.84. The van der Waals surface area contributed by atoms with Crippen LogP contribution in [-0.2, 0) is 4.74 Å². The van der Waals surface area contributed by atoms with E-state index in [1.165, 1.54) is 16.9 Å². The number of benzene rings is 1. The van der Waals surface area contributed by atoms with E-state index >= 15 is 0 Å². The standard InChI is InChI=1S/C15H22ClNOS/c1-3-4-13-8-17-9-14(18-13)10-19-15-6-5-12(16)7-11(15)2/h5-7,13-14,17H,3-4,8-10H2,1-2H3/t13?,14-/m0/s1. The Morgan fingerprint density at radius 1 is 1.37 bits per heavy atom. The van der Waals surface area contributed by atoms with Crippen LogP contribution in [0.2, 0.25) is 5.02 Å². The molecule has 1 saturated heterocycles. The smallest absolute Gasteiger partial charge is 0.0797 e. The van der Waals surface area contributed by atoms with Crippen LogP contribution in [0.5, 0.6) is 0 Å². The second kappa shape index (κ2) is 7.53. The molecule has 0 bridgehead atoms. The van der Waals surface area contributed by atoms with Crippen LogP contribution in [0.15, 0.2) is 23.1 Å². The maximum Gasteiger partial charge on any atom is 0.0797 e. The molecule has 2 nitrogen and oxygen atoms in total. The van der Waals surface area contributed by atoms with Gasteiger partial charge in [0.15, 0.2) is 0 Å². The summed E-state index contributed by atoms with van der Waals surface area (Å²) in [5.41, 5.74) is 1.24. The minimum absolute atomic E-state index is 0.311. The molecule has 0 spiro atoms. The van der Waals surface area contributed by atoms with Crippen LogP contribution < -0.4 is 5.32 Å². The number of aryl methyl sites for hydroxylation is 1. The third-order valence-corrected chi connectivity index (χ3v) is 4.84. The molecule has 106 valence electrons. The molecule has 1 fully saturated rings. The molecule has 0 aliphatic carbocycles. The maximum absolute atomic E-state index is 6.10. The molecule has 1 aliphatic heterocycles. The van der Waals surface area contributed by atoms with E-state index in [9.17, 15) is 0 Å². The van der Waals surface area contributed by atoms with Crippen molar-refractivity contribution in [1.82, 2.24) is 5.32 Å². The van der Waals surface area contributed by atoms with Crippen molar-refractivity contribution in [3.63, 3.8) is 0 Å². The van der Waals surface area contributed by atoms with Gasteiger partial charge in [-0.2, -0.15) is 0 Å². The number of thioether (sulfide) groups is 1. The Kier molecular flexibility index (Phi) is 6.02. The van der Waals surface area contributed by atoms with E-state index in [1.807, 2.05) is 23.9 Å². The molecule has 1 unspecified atom stereocenters. The van der Waals surface area contributed by atoms with Crippen LogP contribution in [-0.4, -0.2) is 31.1 Å². The molecule has 2 rings (SSSR count). The molecular formula is C15H22ClNOS. The summed E-state index contributed by atoms with van der Waals surface area (Å²) in [5, 5.41) is 4.28. The van der Waals surface area contributed by atoms with Crippen molar-refractivity contribution in [1.29, 1.82) is 0 Å². The van der Waals surface area contributed by atoms with Crippen molar-refractivity contribution in [2.75, 3.05) is 18.8 Å². The van der Waals surface area contributed by atoms with Crippen molar-refractivity contribution >= 4 is 23.4 Å². The number of ether oxygens (including phenoxy) is 1. The number of hydrogen-bond acceptors (Lipinski definition) is 3. The molecule has 1 aromatic carbocycles. The van der Waals surface area contributed by atoms with Crippen LogP contribution in [0.1, 0.15) is 25.3 Å². The molecule has 2 atom stereocenters. The van der Waals surface area contributed by atoms with Crippen molar-refractivity contribution < 1.29 is 4.74 Å². The zero-order valence-electron chi connectivity index (χ0n) is 11.6. The molecule has 19 heavy (non-hydrogen) atoms. The quantitative estimate of drug-likeness (QED) is 0.833. The highest BCUT2D eigenvalue weighted by molar-refractivity contribution is 7.99. The van der Waals surface area contributed by atoms with Crippen LogP contribution >= 0.6 is 23.4 Å². The summed E-state index contributed by atoms with van der Waals surface area (Å²) in [7, 11) is 0. The number of halogens is 1. The first-order valence-electron chi connectivity index (χ1n) is 6.94. The Labute approximate surface area is 125 Å². The SMILES string of the molecule is CCCC1CNC[C@@H](CSc2ccc(Cl)cc2C)O1. The topological polar surface area (TPSA) is 21.3 Å². The molecular weight excluding hydrogens is 278 g/mol. The zero-order valence-corrected chi connectivity index (χ0v) is 13.2. The van der Waals surface area contributed by atoms with Gasteiger partial charge in [0.05, 0.1) is 12.2 Å². The molecule has 1 N–H and O–H groups in total. The normalized spacial score (nSPS) is 23.5. The fraction of sp³-hybridized carbons (Fsp3) is 0.600. The van der Waals surface area contributed by atoms with Crippen LogP contribution in [0.25, 0.3) is 0 Å². The Morgan fingerprint density at radius 2 is 2.16 bits per heavy atom. The average molecular weight is 300 g/mol. The minimum Gasteiger partial charge on any atom is -0.371 e. The summed E-state index contributed by atoms with van der Waals surface area (Å²) >= 11 is 7.83. The Hall–Kier alpha value is -0.220. The van der Waals surface area contributed by atoms with Gasteiger partial charge in [0.1, 0.15) is 0 Å². The highest BCUT2D eigenvalue weighted by Crippen LogP contribution is 2.26. The third kappa shape index (κ3) is 4.67. The van der Waals surface area contributed by atoms with Gasteiger partial charge in [0.25, 0.3) is 0 Å². The Morgan fingerprint density at radius 3 is 2.89 bits per heavy atom. The van der Waals surface area contributed by atoms with Gasteiger partial charge in [0.2, 0.25) is 0 Å². The lowest BCUT2D eigenvalue weighted by Crippen LogP contribution is -2.45. The summed E-state index contributed by atoms with van der Waals surface area (Å²) < 4.78 is 6.10. The molecule has 1 aliphatic rings. The van der Waals surface area contributed by atoms with Gasteiger partial charge in [-0.3, -0.25) is 0 Å². The largest absolute Gasteiger partial charge is 0.371 e. The van der Waals surface area contributed by atoms with Crippen molar-refractivity contribution in [3.05, 3.63) is 28.8 Å². The molecule has 0 aromatic heterocycles. The van der Waals surface area contributed by atoms with E-state index in [2.05, 4.69) is 25.2 Å². The van der Waals surface area contributed by atoms with E-state index in [0.29, 0.717) is 12.2 Å². The van der Waals surface area contributed by atoms with Crippen LogP contribution in [0.4, 0.5) is 0 Å². The lowest BCUT2D eigenvalue weighted by Gasteiger charge is -2.30. The number of hydrogen-bond donors (Lipinski definition) is 1. The molecule has 0 saturated carbocycles. The summed E-state index contributed by atoms with van der Waals surface area (Å²) in [4.78, 5) is 1.30.